The van der Waals surface area contributed by atoms with Gasteiger partial charge in [0.25, 0.3) is 17.4 Å². The van der Waals surface area contributed by atoms with E-state index in [1.807, 2.05) is 82.0 Å². The lowest BCUT2D eigenvalue weighted by atomic mass is 10.1. The molecule has 4 heterocycles. The molecule has 2 atom stereocenters. The molecule has 1 aromatic carbocycles. The number of azo groups is 1. The molecular formula is C28H35N9O4S2. The number of hydrogen-bond donors (Lipinski definition) is 1. The molecule has 0 saturated carbocycles. The molecule has 0 radical (unpaired) electrons. The zero-order chi connectivity index (χ0) is 31.2. The normalized spacial score (nSPS) is 17.8. The smallest absolute Gasteiger partial charge is 0.286 e. The van der Waals surface area contributed by atoms with Gasteiger partial charge in [-0.3, -0.25) is 37.9 Å². The third kappa shape index (κ3) is 4.76. The second-order valence-corrected chi connectivity index (χ2v) is 10.7. The van der Waals surface area contributed by atoms with Crippen LogP contribution >= 0.6 is 24.4 Å². The van der Waals surface area contributed by atoms with Gasteiger partial charge in [0.2, 0.25) is 17.4 Å². The zero-order valence-electron chi connectivity index (χ0n) is 25.0. The molecule has 13 nitrogen and oxygen atoms in total. The van der Waals surface area contributed by atoms with Crippen LogP contribution in [0, 0.1) is 9.54 Å². The van der Waals surface area contributed by atoms with E-state index >= 15 is 0 Å². The molecule has 2 N–H and O–H groups in total. The van der Waals surface area contributed by atoms with Crippen molar-refractivity contribution in [1.29, 1.82) is 0 Å². The topological polar surface area (TPSA) is 130 Å². The molecular weight excluding hydrogens is 591 g/mol. The summed E-state index contributed by atoms with van der Waals surface area (Å²) in [6.07, 6.45) is -1.19. The first-order valence-corrected chi connectivity index (χ1v) is 15.0. The van der Waals surface area contributed by atoms with E-state index < -0.39 is 23.5 Å². The number of nitrogen functional groups attached to an aromatic ring is 1. The number of hydrazine groups is 1. The van der Waals surface area contributed by atoms with Crippen molar-refractivity contribution in [2.75, 3.05) is 17.8 Å². The predicted molar refractivity (Wildman–Crippen MR) is 169 cm³/mol. The molecule has 228 valence electrons. The summed E-state index contributed by atoms with van der Waals surface area (Å²) >= 11 is 11.3. The maximum atomic E-state index is 13.6. The van der Waals surface area contributed by atoms with Gasteiger partial charge in [-0.25, -0.2) is 0 Å². The Morgan fingerprint density at radius 1 is 0.884 bits per heavy atom. The highest BCUT2D eigenvalue weighted by Gasteiger charge is 2.46. The molecule has 3 aromatic rings. The first-order valence-electron chi connectivity index (χ1n) is 14.1. The van der Waals surface area contributed by atoms with E-state index in [0.29, 0.717) is 31.9 Å². The summed E-state index contributed by atoms with van der Waals surface area (Å²) in [4.78, 5) is 26.9. The second kappa shape index (κ2) is 11.8. The molecule has 43 heavy (non-hydrogen) atoms. The van der Waals surface area contributed by atoms with Gasteiger partial charge in [-0.15, -0.1) is 5.11 Å². The Bertz CT molecular complexity index is 1870. The number of rotatable bonds is 7. The largest absolute Gasteiger partial charge is 0.434 e. The number of anilines is 2. The fraction of sp³-hybridized carbons (Fsp3) is 0.429. The standard InChI is InChI=1S/C28H35N9O4S2/c1-7-33-22(38)18(29)24(35(9-3)27(33)42)40-26-21-19(16(5)32(6)37(21)17-14-12-11-13-15-17)30-31-20-23(39)34(8-2)28(43)36(10-4)25(20)41-26/h11-15,21,26H,7-10,29H2,1-6H3/t21-,26?/m1/s1. The van der Waals surface area contributed by atoms with Crippen LogP contribution in [0.4, 0.5) is 17.1 Å². The van der Waals surface area contributed by atoms with Crippen molar-refractivity contribution in [2.24, 2.45) is 10.2 Å². The summed E-state index contributed by atoms with van der Waals surface area (Å²) in [5, 5.41) is 13.0. The Morgan fingerprint density at radius 2 is 1.47 bits per heavy atom. The van der Waals surface area contributed by atoms with E-state index in [1.54, 1.807) is 9.13 Å². The first-order chi connectivity index (χ1) is 20.6. The molecule has 5 rings (SSSR count). The van der Waals surface area contributed by atoms with Crippen LogP contribution in [-0.2, 0) is 26.2 Å². The summed E-state index contributed by atoms with van der Waals surface area (Å²) in [6, 6.07) is 8.95. The number of allylic oxidation sites excluding steroid dienone is 1. The third-order valence-electron chi connectivity index (χ3n) is 7.75. The van der Waals surface area contributed by atoms with Crippen LogP contribution < -0.4 is 31.3 Å². The van der Waals surface area contributed by atoms with E-state index in [-0.39, 0.29) is 32.7 Å². The quantitative estimate of drug-likeness (QED) is 0.375. The van der Waals surface area contributed by atoms with E-state index in [9.17, 15) is 9.59 Å². The van der Waals surface area contributed by atoms with Gasteiger partial charge in [0.1, 0.15) is 5.70 Å². The lowest BCUT2D eigenvalue weighted by Crippen LogP contribution is -2.52. The van der Waals surface area contributed by atoms with Gasteiger partial charge in [0.15, 0.2) is 21.3 Å². The van der Waals surface area contributed by atoms with Gasteiger partial charge in [-0.05, 0) is 71.2 Å². The zero-order valence-corrected chi connectivity index (χ0v) is 26.6. The van der Waals surface area contributed by atoms with Crippen molar-refractivity contribution in [2.45, 2.75) is 73.1 Å². The summed E-state index contributed by atoms with van der Waals surface area (Å²) < 4.78 is 20.1. The maximum Gasteiger partial charge on any atom is 0.286 e. The van der Waals surface area contributed by atoms with Gasteiger partial charge in [-0.2, -0.15) is 5.11 Å². The summed E-state index contributed by atoms with van der Waals surface area (Å²) in [7, 11) is 1.89. The van der Waals surface area contributed by atoms with E-state index in [0.717, 1.165) is 11.4 Å². The van der Waals surface area contributed by atoms with Gasteiger partial charge in [-0.1, -0.05) is 18.2 Å². The van der Waals surface area contributed by atoms with Crippen molar-refractivity contribution >= 4 is 41.5 Å². The monoisotopic (exact) mass is 625 g/mol. The average Bonchev–Trinajstić information content (AvgIpc) is 3.24. The van der Waals surface area contributed by atoms with Gasteiger partial charge < -0.3 is 15.2 Å². The Morgan fingerprint density at radius 3 is 2.07 bits per heavy atom. The van der Waals surface area contributed by atoms with Crippen LogP contribution in [0.3, 0.4) is 0 Å². The summed E-state index contributed by atoms with van der Waals surface area (Å²) in [6.45, 7) is 10.8. The van der Waals surface area contributed by atoms with Crippen molar-refractivity contribution in [1.82, 2.24) is 23.3 Å². The lowest BCUT2D eigenvalue weighted by Gasteiger charge is -2.38. The van der Waals surface area contributed by atoms with Gasteiger partial charge >= 0.3 is 0 Å². The van der Waals surface area contributed by atoms with Crippen LogP contribution in [0.15, 0.2) is 61.5 Å². The molecule has 0 amide bonds. The van der Waals surface area contributed by atoms with Crippen molar-refractivity contribution in [3.05, 3.63) is 72.0 Å². The van der Waals surface area contributed by atoms with E-state index in [1.165, 1.54) is 9.13 Å². The molecule has 0 saturated heterocycles. The minimum atomic E-state index is -1.19. The number of aromatic nitrogens is 4. The van der Waals surface area contributed by atoms with Gasteiger partial charge in [0.05, 0.1) is 11.4 Å². The Hall–Kier alpha value is -4.24. The van der Waals surface area contributed by atoms with Crippen LogP contribution in [0.5, 0.6) is 11.8 Å². The molecule has 0 fully saturated rings. The molecule has 2 aliphatic heterocycles. The molecule has 0 aliphatic carbocycles. The Kier molecular flexibility index (Phi) is 8.29. The third-order valence-corrected chi connectivity index (χ3v) is 8.63. The molecule has 0 bridgehead atoms. The van der Waals surface area contributed by atoms with Crippen LogP contribution in [0.25, 0.3) is 0 Å². The van der Waals surface area contributed by atoms with Gasteiger partial charge in [0, 0.05) is 33.2 Å². The average molecular weight is 626 g/mol. The number of hydrogen-bond acceptors (Lipinski definition) is 11. The molecule has 1 unspecified atom stereocenters. The molecule has 2 aliphatic rings. The number of nitrogens with two attached hydrogens (primary N) is 1. The summed E-state index contributed by atoms with van der Waals surface area (Å²) in [5.74, 6) is 0.173. The van der Waals surface area contributed by atoms with Crippen LogP contribution in [-0.4, -0.2) is 42.7 Å². The number of fused-ring (bicyclic) bond motifs is 2. The van der Waals surface area contributed by atoms with E-state index in [2.05, 4.69) is 10.2 Å². The maximum absolute atomic E-state index is 13.6. The molecule has 0 spiro atoms. The second-order valence-electron chi connectivity index (χ2n) is 9.95. The number of benzene rings is 1. The fourth-order valence-corrected chi connectivity index (χ4v) is 6.27. The van der Waals surface area contributed by atoms with E-state index in [4.69, 9.17) is 39.6 Å². The minimum absolute atomic E-state index is 0.00726. The molecule has 15 heteroatoms. The fourth-order valence-electron chi connectivity index (χ4n) is 5.43. The van der Waals surface area contributed by atoms with Crippen LogP contribution in [0.2, 0.25) is 0 Å². The van der Waals surface area contributed by atoms with Crippen molar-refractivity contribution in [3.63, 3.8) is 0 Å². The van der Waals surface area contributed by atoms with Crippen LogP contribution in [0.1, 0.15) is 34.6 Å². The SMILES string of the molecule is CCn1c(OC2Oc3c(c(=O)n(CC)c(=S)n3CC)N=NC3=C(C)N(C)N(c4ccccc4)[C@H]32)c(N)c(=O)n(CC)c1=S. The highest BCUT2D eigenvalue weighted by molar-refractivity contribution is 7.71. The van der Waals surface area contributed by atoms with Crippen molar-refractivity contribution < 1.29 is 9.47 Å². The Labute approximate surface area is 258 Å². The Balaban J connectivity index is 1.82. The summed E-state index contributed by atoms with van der Waals surface area (Å²) in [5.41, 5.74) is 7.52. The first kappa shape index (κ1) is 30.2. The lowest BCUT2D eigenvalue weighted by molar-refractivity contribution is -0.0241. The number of nitrogens with zero attached hydrogens (tertiary/aromatic N) is 8. The molecule has 2 aromatic heterocycles. The highest BCUT2D eigenvalue weighted by atomic mass is 32.1. The highest BCUT2D eigenvalue weighted by Crippen LogP contribution is 2.41. The minimum Gasteiger partial charge on any atom is -0.434 e. The number of para-hydroxylation sites is 1. The predicted octanol–water partition coefficient (Wildman–Crippen LogP) is 4.58. The number of ether oxygens (including phenoxy) is 2. The van der Waals surface area contributed by atoms with Crippen molar-refractivity contribution in [3.8, 4) is 11.8 Å².